The summed E-state index contributed by atoms with van der Waals surface area (Å²) in [6.07, 6.45) is 0. The van der Waals surface area contributed by atoms with Gasteiger partial charge in [0, 0.05) is 37.2 Å². The van der Waals surface area contributed by atoms with E-state index < -0.39 is 0 Å². The number of benzene rings is 8. The molecule has 0 aliphatic carbocycles. The Bertz CT molecular complexity index is 3130. The van der Waals surface area contributed by atoms with Gasteiger partial charge in [-0.2, -0.15) is 0 Å². The van der Waals surface area contributed by atoms with Crippen molar-refractivity contribution in [2.75, 3.05) is 0 Å². The van der Waals surface area contributed by atoms with Crippen molar-refractivity contribution in [3.8, 4) is 33.4 Å². The first-order valence-corrected chi connectivity index (χ1v) is 21.6. The lowest BCUT2D eigenvalue weighted by atomic mass is 9.85. The van der Waals surface area contributed by atoms with E-state index in [2.05, 4.69) is 215 Å². The fraction of sp³-hybridized carbons (Fsp3) is 0.0690. The third-order valence-corrected chi connectivity index (χ3v) is 12.8. The lowest BCUT2D eigenvalue weighted by molar-refractivity contribution is 0.924. The fourth-order valence-electron chi connectivity index (χ4n) is 8.28. The highest BCUT2D eigenvalue weighted by Gasteiger charge is 2.18. The van der Waals surface area contributed by atoms with Gasteiger partial charge in [-0.3, -0.25) is 0 Å². The fourth-order valence-corrected chi connectivity index (χ4v) is 9.50. The minimum atomic E-state index is 0.245. The minimum absolute atomic E-state index is 0.245. The molecule has 2 nitrogen and oxygen atoms in total. The molecule has 9 aromatic rings. The van der Waals surface area contributed by atoms with Gasteiger partial charge in [0.2, 0.25) is 0 Å². The van der Waals surface area contributed by atoms with E-state index in [1.54, 1.807) is 11.3 Å². The first-order valence-electron chi connectivity index (χ1n) is 20.8. The smallest absolute Gasteiger partial charge is 0.160 e. The minimum Gasteiger partial charge on any atom is -0.229 e. The number of aliphatic imine (C=N–C) groups is 2. The standard InChI is InChI=1S/C58H46N2S/c1-38(2)56(54-28-17-27-53-52-26-14-15-29-55(52)61-57(53)54)60-58(48-23-16-22-47(37-48)45-32-30-44(31-33-45)43-20-10-7-11-21-43)59-41(5)46-34-35-49(39(3)36-46)51-25-13-12-24-50(51)40(4)42-18-8-6-9-19-42/h6-37,40H,1,5H2,2-4H3/b59-58-,60-56+. The van der Waals surface area contributed by atoms with Gasteiger partial charge in [0.25, 0.3) is 0 Å². The quantitative estimate of drug-likeness (QED) is 0.0972. The summed E-state index contributed by atoms with van der Waals surface area (Å²) < 4.78 is 2.43. The first-order chi connectivity index (χ1) is 29.8. The second kappa shape index (κ2) is 17.2. The van der Waals surface area contributed by atoms with Crippen molar-refractivity contribution in [3.05, 3.63) is 246 Å². The van der Waals surface area contributed by atoms with E-state index in [4.69, 9.17) is 9.98 Å². The zero-order chi connectivity index (χ0) is 41.9. The second-order valence-corrected chi connectivity index (χ2v) is 16.7. The molecule has 0 bridgehead atoms. The van der Waals surface area contributed by atoms with Crippen molar-refractivity contribution >= 4 is 48.8 Å². The van der Waals surface area contributed by atoms with Gasteiger partial charge in [0.1, 0.15) is 0 Å². The van der Waals surface area contributed by atoms with Crippen molar-refractivity contribution in [3.63, 3.8) is 0 Å². The lowest BCUT2D eigenvalue weighted by Gasteiger charge is -2.19. The number of aryl methyl sites for hydroxylation is 1. The Labute approximate surface area is 363 Å². The summed E-state index contributed by atoms with van der Waals surface area (Å²) in [4.78, 5) is 10.8. The molecule has 0 saturated carbocycles. The molecule has 1 atom stereocenters. The highest BCUT2D eigenvalue weighted by atomic mass is 32.1. The Morgan fingerprint density at radius 1 is 0.525 bits per heavy atom. The molecule has 294 valence electrons. The maximum Gasteiger partial charge on any atom is 0.160 e. The average Bonchev–Trinajstić information content (AvgIpc) is 3.70. The Kier molecular flexibility index (Phi) is 11.1. The van der Waals surface area contributed by atoms with Crippen LogP contribution in [-0.4, -0.2) is 11.5 Å². The molecule has 0 spiro atoms. The first kappa shape index (κ1) is 39.3. The van der Waals surface area contributed by atoms with E-state index >= 15 is 0 Å². The normalized spacial score (nSPS) is 12.4. The van der Waals surface area contributed by atoms with Crippen LogP contribution in [-0.2, 0) is 0 Å². The van der Waals surface area contributed by atoms with Gasteiger partial charge >= 0.3 is 0 Å². The molecule has 1 heterocycles. The number of allylic oxidation sites excluding steroid dienone is 1. The zero-order valence-electron chi connectivity index (χ0n) is 34.8. The van der Waals surface area contributed by atoms with Gasteiger partial charge in [-0.05, 0) is 93.3 Å². The molecule has 0 aliphatic heterocycles. The van der Waals surface area contributed by atoms with Gasteiger partial charge < -0.3 is 0 Å². The van der Waals surface area contributed by atoms with E-state index in [-0.39, 0.29) is 5.92 Å². The molecule has 0 N–H and O–H groups in total. The summed E-state index contributed by atoms with van der Waals surface area (Å²) in [5.41, 5.74) is 15.9. The van der Waals surface area contributed by atoms with Crippen molar-refractivity contribution in [1.82, 2.24) is 0 Å². The van der Waals surface area contributed by atoms with E-state index in [0.717, 1.165) is 44.7 Å². The van der Waals surface area contributed by atoms with Crippen LogP contribution in [0.15, 0.2) is 223 Å². The Morgan fingerprint density at radius 2 is 1.15 bits per heavy atom. The van der Waals surface area contributed by atoms with Crippen LogP contribution in [0, 0.1) is 6.92 Å². The number of fused-ring (bicyclic) bond motifs is 3. The maximum atomic E-state index is 5.45. The predicted octanol–water partition coefficient (Wildman–Crippen LogP) is 16.0. The SMILES string of the molecule is C=C(C)/C(=N\C(=N/C(=C)c1ccc(-c2ccccc2C(C)c2ccccc2)c(C)c1)c1cccc(-c2ccc(-c3ccccc3)cc2)c1)c1cccc2c1sc1ccccc12. The largest absolute Gasteiger partial charge is 0.229 e. The van der Waals surface area contributed by atoms with E-state index in [1.807, 2.05) is 13.0 Å². The van der Waals surface area contributed by atoms with E-state index in [1.165, 1.54) is 53.6 Å². The summed E-state index contributed by atoms with van der Waals surface area (Å²) >= 11 is 1.79. The van der Waals surface area contributed by atoms with Gasteiger partial charge in [0.15, 0.2) is 5.84 Å². The number of rotatable bonds is 10. The molecule has 0 fully saturated rings. The number of hydrogen-bond donors (Lipinski definition) is 0. The third kappa shape index (κ3) is 8.09. The number of nitrogens with zero attached hydrogens (tertiary/aromatic N) is 2. The van der Waals surface area contributed by atoms with Crippen LogP contribution >= 0.6 is 11.3 Å². The van der Waals surface area contributed by atoms with Crippen LogP contribution in [0.1, 0.15) is 53.1 Å². The summed E-state index contributed by atoms with van der Waals surface area (Å²) in [5, 5.41) is 2.46. The number of thiophene rings is 1. The van der Waals surface area contributed by atoms with Crippen LogP contribution in [0.3, 0.4) is 0 Å². The van der Waals surface area contributed by atoms with Gasteiger partial charge in [-0.15, -0.1) is 11.3 Å². The summed E-state index contributed by atoms with van der Waals surface area (Å²) in [5.74, 6) is 0.822. The predicted molar refractivity (Wildman–Crippen MR) is 264 cm³/mol. The van der Waals surface area contributed by atoms with Crippen LogP contribution in [0.5, 0.6) is 0 Å². The topological polar surface area (TPSA) is 24.7 Å². The van der Waals surface area contributed by atoms with Crippen molar-refractivity contribution in [2.45, 2.75) is 26.7 Å². The maximum absolute atomic E-state index is 5.45. The molecule has 0 radical (unpaired) electrons. The highest BCUT2D eigenvalue weighted by molar-refractivity contribution is 7.26. The van der Waals surface area contributed by atoms with Crippen molar-refractivity contribution < 1.29 is 0 Å². The molecule has 0 aliphatic rings. The van der Waals surface area contributed by atoms with E-state index in [9.17, 15) is 0 Å². The summed E-state index contributed by atoms with van der Waals surface area (Å²) in [7, 11) is 0. The van der Waals surface area contributed by atoms with Crippen LogP contribution in [0.2, 0.25) is 0 Å². The Balaban J connectivity index is 1.14. The molecular weight excluding hydrogens is 757 g/mol. The molecule has 9 rings (SSSR count). The van der Waals surface area contributed by atoms with Crippen LogP contribution < -0.4 is 0 Å². The van der Waals surface area contributed by atoms with Crippen LogP contribution in [0.4, 0.5) is 0 Å². The lowest BCUT2D eigenvalue weighted by Crippen LogP contribution is -2.08. The highest BCUT2D eigenvalue weighted by Crippen LogP contribution is 2.38. The monoisotopic (exact) mass is 802 g/mol. The molecular formula is C58H46N2S. The van der Waals surface area contributed by atoms with Gasteiger partial charge in [-0.25, -0.2) is 9.98 Å². The molecule has 1 unspecified atom stereocenters. The molecule has 0 amide bonds. The number of amidine groups is 1. The zero-order valence-corrected chi connectivity index (χ0v) is 35.6. The Hall–Kier alpha value is -7.20. The Morgan fingerprint density at radius 3 is 1.90 bits per heavy atom. The average molecular weight is 803 g/mol. The summed E-state index contributed by atoms with van der Waals surface area (Å²) in [6, 6.07) is 68.8. The van der Waals surface area contributed by atoms with Gasteiger partial charge in [0.05, 0.1) is 11.4 Å². The molecule has 0 saturated heterocycles. The molecule has 61 heavy (non-hydrogen) atoms. The third-order valence-electron chi connectivity index (χ3n) is 11.5. The molecule has 3 heteroatoms. The van der Waals surface area contributed by atoms with Gasteiger partial charge in [-0.1, -0.05) is 196 Å². The molecule has 8 aromatic carbocycles. The van der Waals surface area contributed by atoms with E-state index in [0.29, 0.717) is 11.5 Å². The van der Waals surface area contributed by atoms with Crippen LogP contribution in [0.25, 0.3) is 59.3 Å². The molecule has 1 aromatic heterocycles. The van der Waals surface area contributed by atoms with Crippen molar-refractivity contribution in [1.29, 1.82) is 0 Å². The van der Waals surface area contributed by atoms with Crippen molar-refractivity contribution in [2.24, 2.45) is 9.98 Å². The number of hydrogen-bond acceptors (Lipinski definition) is 2. The summed E-state index contributed by atoms with van der Waals surface area (Å²) in [6.45, 7) is 15.5. The second-order valence-electron chi connectivity index (χ2n) is 15.7.